The number of thiazole rings is 1. The van der Waals surface area contributed by atoms with Crippen molar-refractivity contribution in [2.45, 2.75) is 36.1 Å². The molecule has 136 valence electrons. The van der Waals surface area contributed by atoms with Gasteiger partial charge in [-0.05, 0) is 38.8 Å². The van der Waals surface area contributed by atoms with Crippen LogP contribution in [0.15, 0.2) is 20.9 Å². The molecule has 2 saturated heterocycles. The first-order valence-corrected chi connectivity index (χ1v) is 10.5. The molecule has 2 aliphatic heterocycles. The van der Waals surface area contributed by atoms with E-state index in [9.17, 15) is 0 Å². The lowest BCUT2D eigenvalue weighted by Crippen LogP contribution is -2.43. The fourth-order valence-corrected chi connectivity index (χ4v) is 5.03. The predicted molar refractivity (Wildman–Crippen MR) is 115 cm³/mol. The van der Waals surface area contributed by atoms with Gasteiger partial charge in [0.1, 0.15) is 4.34 Å². The number of thioether (sulfide) groups is 1. The Morgan fingerprint density at radius 3 is 2.96 bits per heavy atom. The van der Waals surface area contributed by atoms with Crippen molar-refractivity contribution in [3.05, 3.63) is 11.6 Å². The first kappa shape index (κ1) is 20.3. The average molecular weight is 481 g/mol. The van der Waals surface area contributed by atoms with Crippen molar-refractivity contribution in [2.24, 2.45) is 4.99 Å². The predicted octanol–water partition coefficient (Wildman–Crippen LogP) is 2.99. The van der Waals surface area contributed by atoms with Crippen LogP contribution < -0.4 is 5.32 Å². The van der Waals surface area contributed by atoms with Gasteiger partial charge in [-0.1, -0.05) is 11.8 Å². The first-order chi connectivity index (χ1) is 11.4. The van der Waals surface area contributed by atoms with Gasteiger partial charge in [0.25, 0.3) is 0 Å². The van der Waals surface area contributed by atoms with Crippen molar-refractivity contribution in [3.8, 4) is 0 Å². The molecule has 8 heteroatoms. The molecule has 0 saturated carbocycles. The van der Waals surface area contributed by atoms with Crippen LogP contribution in [0.3, 0.4) is 0 Å². The molecule has 2 aliphatic rings. The normalized spacial score (nSPS) is 22.0. The summed E-state index contributed by atoms with van der Waals surface area (Å²) in [4.78, 5) is 13.9. The lowest BCUT2D eigenvalue weighted by molar-refractivity contribution is 0.249. The first-order valence-electron chi connectivity index (χ1n) is 8.59. The number of likely N-dealkylation sites (tertiary alicyclic amines) is 2. The Morgan fingerprint density at radius 1 is 1.42 bits per heavy atom. The minimum absolute atomic E-state index is 0. The molecule has 24 heavy (non-hydrogen) atoms. The van der Waals surface area contributed by atoms with Gasteiger partial charge in [-0.2, -0.15) is 0 Å². The van der Waals surface area contributed by atoms with Gasteiger partial charge in [0.15, 0.2) is 5.96 Å². The highest BCUT2D eigenvalue weighted by atomic mass is 127. The van der Waals surface area contributed by atoms with Crippen LogP contribution in [0.4, 0.5) is 0 Å². The molecule has 1 atom stereocenters. The molecule has 0 bridgehead atoms. The van der Waals surface area contributed by atoms with Gasteiger partial charge in [0.2, 0.25) is 0 Å². The molecule has 0 spiro atoms. The number of rotatable bonds is 6. The smallest absolute Gasteiger partial charge is 0.193 e. The van der Waals surface area contributed by atoms with Crippen molar-refractivity contribution in [2.75, 3.05) is 45.5 Å². The Hall–Kier alpha value is -0.0600. The molecule has 1 N–H and O–H groups in total. The number of nitrogens with one attached hydrogen (secondary N) is 1. The number of hydrogen-bond acceptors (Lipinski definition) is 5. The Balaban J connectivity index is 0.00000208. The molecule has 3 heterocycles. The molecule has 2 fully saturated rings. The van der Waals surface area contributed by atoms with Gasteiger partial charge >= 0.3 is 0 Å². The molecule has 1 unspecified atom stereocenters. The second kappa shape index (κ2) is 10.8. The summed E-state index contributed by atoms with van der Waals surface area (Å²) in [6.07, 6.45) is 7.03. The minimum atomic E-state index is 0. The largest absolute Gasteiger partial charge is 0.356 e. The quantitative estimate of drug-likeness (QED) is 0.223. The van der Waals surface area contributed by atoms with E-state index in [0.29, 0.717) is 0 Å². The molecule has 0 radical (unpaired) electrons. The standard InChI is InChI=1S/C16H27N5S2.HI/c1-17-15(18-6-4-11-22-16-19-7-12-23-16)21-10-5-14(13-21)20-8-2-3-9-20;/h7,12,14H,2-6,8-11,13H2,1H3,(H,17,18);1H. The highest BCUT2D eigenvalue weighted by Crippen LogP contribution is 2.21. The summed E-state index contributed by atoms with van der Waals surface area (Å²) in [5, 5.41) is 5.56. The van der Waals surface area contributed by atoms with Crippen LogP contribution in [0, 0.1) is 0 Å². The zero-order valence-corrected chi connectivity index (χ0v) is 18.3. The van der Waals surface area contributed by atoms with Crippen LogP contribution >= 0.6 is 47.1 Å². The third-order valence-corrected chi connectivity index (χ3v) is 6.62. The molecule has 1 aromatic heterocycles. The summed E-state index contributed by atoms with van der Waals surface area (Å²) in [7, 11) is 1.90. The van der Waals surface area contributed by atoms with Gasteiger partial charge < -0.3 is 10.2 Å². The maximum absolute atomic E-state index is 4.47. The SMILES string of the molecule is CN=C(NCCCSc1nccs1)N1CCC(N2CCCC2)C1.I. The lowest BCUT2D eigenvalue weighted by Gasteiger charge is -2.25. The summed E-state index contributed by atoms with van der Waals surface area (Å²) in [6, 6.07) is 0.733. The number of nitrogens with zero attached hydrogens (tertiary/aromatic N) is 4. The maximum atomic E-state index is 4.47. The summed E-state index contributed by atoms with van der Waals surface area (Å²) in [5.74, 6) is 2.18. The number of aliphatic imine (C=N–C) groups is 1. The highest BCUT2D eigenvalue weighted by Gasteiger charge is 2.30. The zero-order valence-electron chi connectivity index (χ0n) is 14.3. The molecular formula is C16H28IN5S2. The monoisotopic (exact) mass is 481 g/mol. The van der Waals surface area contributed by atoms with Crippen LogP contribution in [0.2, 0.25) is 0 Å². The second-order valence-electron chi connectivity index (χ2n) is 6.11. The van der Waals surface area contributed by atoms with E-state index in [0.717, 1.165) is 43.8 Å². The summed E-state index contributed by atoms with van der Waals surface area (Å²) < 4.78 is 1.17. The van der Waals surface area contributed by atoms with Crippen LogP contribution in [0.25, 0.3) is 0 Å². The average Bonchev–Trinajstić information content (AvgIpc) is 3.32. The van der Waals surface area contributed by atoms with E-state index in [1.807, 2.05) is 30.4 Å². The molecular weight excluding hydrogens is 453 g/mol. The Kier molecular flexibility index (Phi) is 9.13. The van der Waals surface area contributed by atoms with Gasteiger partial charge in [0.05, 0.1) is 0 Å². The highest BCUT2D eigenvalue weighted by molar-refractivity contribution is 14.0. The molecule has 3 rings (SSSR count). The third kappa shape index (κ3) is 5.74. The van der Waals surface area contributed by atoms with Crippen molar-refractivity contribution in [3.63, 3.8) is 0 Å². The zero-order chi connectivity index (χ0) is 15.9. The fourth-order valence-electron chi connectivity index (χ4n) is 3.38. The van der Waals surface area contributed by atoms with E-state index < -0.39 is 0 Å². The molecule has 1 aromatic rings. The van der Waals surface area contributed by atoms with Crippen molar-refractivity contribution in [1.82, 2.24) is 20.1 Å². The maximum Gasteiger partial charge on any atom is 0.193 e. The Morgan fingerprint density at radius 2 is 2.25 bits per heavy atom. The molecule has 0 aromatic carbocycles. The summed E-state index contributed by atoms with van der Waals surface area (Å²) in [6.45, 7) is 5.83. The summed E-state index contributed by atoms with van der Waals surface area (Å²) >= 11 is 3.56. The molecule has 5 nitrogen and oxygen atoms in total. The Labute approximate surface area is 170 Å². The lowest BCUT2D eigenvalue weighted by atomic mass is 10.2. The fraction of sp³-hybridized carbons (Fsp3) is 0.750. The number of guanidine groups is 1. The van der Waals surface area contributed by atoms with Gasteiger partial charge in [0, 0.05) is 50.1 Å². The van der Waals surface area contributed by atoms with Crippen LogP contribution in [0.1, 0.15) is 25.7 Å². The Bertz CT molecular complexity index is 491. The van der Waals surface area contributed by atoms with Crippen molar-refractivity contribution in [1.29, 1.82) is 0 Å². The van der Waals surface area contributed by atoms with Gasteiger partial charge in [-0.15, -0.1) is 35.3 Å². The van der Waals surface area contributed by atoms with E-state index in [1.165, 1.54) is 36.7 Å². The number of aromatic nitrogens is 1. The van der Waals surface area contributed by atoms with Gasteiger partial charge in [-0.25, -0.2) is 4.98 Å². The van der Waals surface area contributed by atoms with E-state index in [4.69, 9.17) is 0 Å². The van der Waals surface area contributed by atoms with E-state index in [-0.39, 0.29) is 24.0 Å². The van der Waals surface area contributed by atoms with E-state index in [1.54, 1.807) is 11.3 Å². The van der Waals surface area contributed by atoms with Crippen LogP contribution in [-0.2, 0) is 0 Å². The summed E-state index contributed by atoms with van der Waals surface area (Å²) in [5.41, 5.74) is 0. The van der Waals surface area contributed by atoms with Crippen LogP contribution in [-0.4, -0.2) is 72.3 Å². The number of halogens is 1. The van der Waals surface area contributed by atoms with E-state index in [2.05, 4.69) is 25.1 Å². The van der Waals surface area contributed by atoms with Crippen molar-refractivity contribution < 1.29 is 0 Å². The number of hydrogen-bond donors (Lipinski definition) is 1. The van der Waals surface area contributed by atoms with Crippen LogP contribution in [0.5, 0.6) is 0 Å². The topological polar surface area (TPSA) is 43.8 Å². The third-order valence-electron chi connectivity index (χ3n) is 4.57. The van der Waals surface area contributed by atoms with Crippen molar-refractivity contribution >= 4 is 53.0 Å². The minimum Gasteiger partial charge on any atom is -0.356 e. The second-order valence-corrected chi connectivity index (χ2v) is 8.34. The molecule has 0 aliphatic carbocycles. The van der Waals surface area contributed by atoms with E-state index >= 15 is 0 Å². The van der Waals surface area contributed by atoms with Gasteiger partial charge in [-0.3, -0.25) is 9.89 Å². The molecule has 0 amide bonds.